The Balaban J connectivity index is 2.00. The van der Waals surface area contributed by atoms with Gasteiger partial charge in [0.2, 0.25) is 0 Å². The fourth-order valence-corrected chi connectivity index (χ4v) is 3.65. The summed E-state index contributed by atoms with van der Waals surface area (Å²) in [5.74, 6) is 0.901. The van der Waals surface area contributed by atoms with E-state index in [1.165, 1.54) is 52.7 Å². The second-order valence-corrected chi connectivity index (χ2v) is 5.76. The minimum Gasteiger partial charge on any atom is -0.497 e. The molecule has 0 spiro atoms. The fourth-order valence-electron chi connectivity index (χ4n) is 3.65. The second kappa shape index (κ2) is 4.66. The van der Waals surface area contributed by atoms with Crippen LogP contribution in [0.5, 0.6) is 5.75 Å². The van der Waals surface area contributed by atoms with Gasteiger partial charge in [-0.05, 0) is 67.6 Å². The van der Waals surface area contributed by atoms with E-state index in [1.807, 2.05) is 12.1 Å². The van der Waals surface area contributed by atoms with E-state index in [0.717, 1.165) is 5.75 Å². The zero-order valence-electron chi connectivity index (χ0n) is 12.5. The van der Waals surface area contributed by atoms with Gasteiger partial charge in [0.25, 0.3) is 0 Å². The zero-order chi connectivity index (χ0) is 14.4. The van der Waals surface area contributed by atoms with Gasteiger partial charge >= 0.3 is 0 Å². The highest BCUT2D eigenvalue weighted by atomic mass is 16.5. The van der Waals surface area contributed by atoms with Crippen molar-refractivity contribution in [3.8, 4) is 11.4 Å². The van der Waals surface area contributed by atoms with E-state index in [0.29, 0.717) is 0 Å². The molecule has 0 fully saturated rings. The van der Waals surface area contributed by atoms with Crippen molar-refractivity contribution in [2.45, 2.75) is 26.2 Å². The Morgan fingerprint density at radius 2 is 1.81 bits per heavy atom. The Labute approximate surface area is 125 Å². The molecule has 0 atom stereocenters. The summed E-state index contributed by atoms with van der Waals surface area (Å²) in [5.41, 5.74) is 6.96. The molecule has 21 heavy (non-hydrogen) atoms. The van der Waals surface area contributed by atoms with Gasteiger partial charge in [0.15, 0.2) is 0 Å². The monoisotopic (exact) mass is 277 g/mol. The number of rotatable bonds is 2. The standard InChI is InChI=1S/C19H19NO/c1-13-17-7-3-5-14-6-4-8-18(19(14)17)20(13)15-9-11-16(21-2)12-10-15/h4,6,8-12H,3,5,7H2,1-2H3. The van der Waals surface area contributed by atoms with E-state index >= 15 is 0 Å². The van der Waals surface area contributed by atoms with E-state index in [4.69, 9.17) is 4.74 Å². The summed E-state index contributed by atoms with van der Waals surface area (Å²) in [6, 6.07) is 15.0. The lowest BCUT2D eigenvalue weighted by Gasteiger charge is -2.11. The van der Waals surface area contributed by atoms with Gasteiger partial charge in [-0.1, -0.05) is 12.1 Å². The molecule has 0 bridgehead atoms. The van der Waals surface area contributed by atoms with Gasteiger partial charge in [-0.3, -0.25) is 0 Å². The zero-order valence-corrected chi connectivity index (χ0v) is 12.5. The number of methoxy groups -OCH3 is 1. The molecule has 2 aromatic carbocycles. The van der Waals surface area contributed by atoms with Gasteiger partial charge < -0.3 is 9.30 Å². The molecule has 106 valence electrons. The van der Waals surface area contributed by atoms with Crippen molar-refractivity contribution < 1.29 is 4.74 Å². The molecule has 0 saturated carbocycles. The number of aromatic nitrogens is 1. The average Bonchev–Trinajstić information content (AvgIpc) is 2.83. The van der Waals surface area contributed by atoms with Crippen molar-refractivity contribution in [3.63, 3.8) is 0 Å². The molecule has 0 aliphatic heterocycles. The van der Waals surface area contributed by atoms with Gasteiger partial charge in [0, 0.05) is 16.8 Å². The highest BCUT2D eigenvalue weighted by molar-refractivity contribution is 5.91. The molecule has 2 nitrogen and oxygen atoms in total. The topological polar surface area (TPSA) is 14.2 Å². The summed E-state index contributed by atoms with van der Waals surface area (Å²) in [5, 5.41) is 1.48. The number of hydrogen-bond acceptors (Lipinski definition) is 1. The average molecular weight is 277 g/mol. The maximum absolute atomic E-state index is 5.27. The molecule has 1 aromatic heterocycles. The molecule has 0 radical (unpaired) electrons. The third kappa shape index (κ3) is 1.79. The normalized spacial score (nSPS) is 13.6. The van der Waals surface area contributed by atoms with Crippen LogP contribution >= 0.6 is 0 Å². The smallest absolute Gasteiger partial charge is 0.119 e. The minimum atomic E-state index is 0.901. The number of nitrogens with zero attached hydrogens (tertiary/aromatic N) is 1. The summed E-state index contributed by atoms with van der Waals surface area (Å²) >= 11 is 0. The van der Waals surface area contributed by atoms with Gasteiger partial charge in [-0.25, -0.2) is 0 Å². The van der Waals surface area contributed by atoms with Crippen LogP contribution in [0.1, 0.15) is 23.2 Å². The Bertz CT molecular complexity index is 812. The first-order valence-corrected chi connectivity index (χ1v) is 7.56. The van der Waals surface area contributed by atoms with E-state index in [9.17, 15) is 0 Å². The van der Waals surface area contributed by atoms with Crippen LogP contribution in [0, 0.1) is 6.92 Å². The Hall–Kier alpha value is -2.22. The molecule has 3 aromatic rings. The van der Waals surface area contributed by atoms with Crippen molar-refractivity contribution in [2.24, 2.45) is 0 Å². The first kappa shape index (κ1) is 12.5. The van der Waals surface area contributed by atoms with Crippen molar-refractivity contribution >= 4 is 10.9 Å². The van der Waals surface area contributed by atoms with Gasteiger partial charge in [0.1, 0.15) is 5.75 Å². The van der Waals surface area contributed by atoms with E-state index in [-0.39, 0.29) is 0 Å². The molecule has 4 rings (SSSR count). The Morgan fingerprint density at radius 3 is 2.57 bits per heavy atom. The molecular formula is C19H19NO. The number of ether oxygens (including phenoxy) is 1. The van der Waals surface area contributed by atoms with Crippen molar-refractivity contribution in [1.29, 1.82) is 0 Å². The third-order valence-corrected chi connectivity index (χ3v) is 4.65. The van der Waals surface area contributed by atoms with Gasteiger partial charge in [-0.2, -0.15) is 0 Å². The number of hydrogen-bond donors (Lipinski definition) is 0. The first-order valence-electron chi connectivity index (χ1n) is 7.56. The first-order chi connectivity index (χ1) is 10.3. The molecule has 1 aliphatic rings. The second-order valence-electron chi connectivity index (χ2n) is 5.76. The Morgan fingerprint density at radius 1 is 1.00 bits per heavy atom. The van der Waals surface area contributed by atoms with E-state index in [2.05, 4.69) is 41.8 Å². The maximum atomic E-state index is 5.27. The predicted octanol–water partition coefficient (Wildman–Crippen LogP) is 4.44. The van der Waals surface area contributed by atoms with Crippen LogP contribution in [0.25, 0.3) is 16.6 Å². The molecule has 1 aliphatic carbocycles. The summed E-state index contributed by atoms with van der Waals surface area (Å²) in [4.78, 5) is 0. The van der Waals surface area contributed by atoms with Crippen LogP contribution in [0.15, 0.2) is 42.5 Å². The third-order valence-electron chi connectivity index (χ3n) is 4.65. The van der Waals surface area contributed by atoms with Crippen LogP contribution < -0.4 is 4.74 Å². The number of aryl methyl sites for hydroxylation is 2. The maximum Gasteiger partial charge on any atom is 0.119 e. The van der Waals surface area contributed by atoms with E-state index < -0.39 is 0 Å². The van der Waals surface area contributed by atoms with Crippen LogP contribution in [0.3, 0.4) is 0 Å². The van der Waals surface area contributed by atoms with Crippen LogP contribution in [-0.2, 0) is 12.8 Å². The molecule has 1 heterocycles. The van der Waals surface area contributed by atoms with Crippen molar-refractivity contribution in [3.05, 3.63) is 59.3 Å². The van der Waals surface area contributed by atoms with E-state index in [1.54, 1.807) is 7.11 Å². The quantitative estimate of drug-likeness (QED) is 0.675. The molecule has 0 N–H and O–H groups in total. The molecule has 2 heteroatoms. The molecular weight excluding hydrogens is 258 g/mol. The Kier molecular flexibility index (Phi) is 2.78. The van der Waals surface area contributed by atoms with Crippen molar-refractivity contribution in [1.82, 2.24) is 4.57 Å². The predicted molar refractivity (Wildman–Crippen MR) is 86.6 cm³/mol. The lowest BCUT2D eigenvalue weighted by atomic mass is 9.92. The summed E-state index contributed by atoms with van der Waals surface area (Å²) in [6.45, 7) is 2.24. The highest BCUT2D eigenvalue weighted by Crippen LogP contribution is 2.36. The van der Waals surface area contributed by atoms with Gasteiger partial charge in [0.05, 0.1) is 12.6 Å². The highest BCUT2D eigenvalue weighted by Gasteiger charge is 2.20. The fraction of sp³-hybridized carbons (Fsp3) is 0.263. The largest absolute Gasteiger partial charge is 0.497 e. The summed E-state index contributed by atoms with van der Waals surface area (Å²) in [7, 11) is 1.71. The van der Waals surface area contributed by atoms with Crippen LogP contribution in [0.2, 0.25) is 0 Å². The molecule has 0 unspecified atom stereocenters. The summed E-state index contributed by atoms with van der Waals surface area (Å²) in [6.07, 6.45) is 3.67. The SMILES string of the molecule is COc1ccc(-n2c(C)c3c4c(cccc42)CCC3)cc1. The minimum absolute atomic E-state index is 0.901. The van der Waals surface area contributed by atoms with Crippen molar-refractivity contribution in [2.75, 3.05) is 7.11 Å². The lowest BCUT2D eigenvalue weighted by molar-refractivity contribution is 0.415. The molecule has 0 amide bonds. The summed E-state index contributed by atoms with van der Waals surface area (Å²) < 4.78 is 7.66. The van der Waals surface area contributed by atoms with Crippen LogP contribution in [-0.4, -0.2) is 11.7 Å². The number of benzene rings is 2. The lowest BCUT2D eigenvalue weighted by Crippen LogP contribution is -1.99. The van der Waals surface area contributed by atoms with Gasteiger partial charge in [-0.15, -0.1) is 0 Å². The van der Waals surface area contributed by atoms with Crippen LogP contribution in [0.4, 0.5) is 0 Å². The molecule has 0 saturated heterocycles.